The molecule has 5 heteroatoms. The summed E-state index contributed by atoms with van der Waals surface area (Å²) in [5, 5.41) is 2.75. The maximum atomic E-state index is 13.2. The van der Waals surface area contributed by atoms with Crippen LogP contribution in [0.5, 0.6) is 0 Å². The average Bonchev–Trinajstić information content (AvgIpc) is 2.62. The third-order valence-corrected chi connectivity index (χ3v) is 4.49. The molecule has 0 radical (unpaired) electrons. The quantitative estimate of drug-likeness (QED) is 0.913. The first-order valence-electron chi connectivity index (χ1n) is 8.47. The Hall–Kier alpha value is -2.43. The van der Waals surface area contributed by atoms with Gasteiger partial charge < -0.3 is 10.2 Å². The van der Waals surface area contributed by atoms with Crippen LogP contribution < -0.4 is 10.2 Å². The van der Waals surface area contributed by atoms with Gasteiger partial charge in [-0.25, -0.2) is 9.37 Å². The fourth-order valence-electron chi connectivity index (χ4n) is 3.19. The number of halogens is 1. The van der Waals surface area contributed by atoms with E-state index in [0.717, 1.165) is 18.8 Å². The van der Waals surface area contributed by atoms with Gasteiger partial charge in [0.2, 0.25) is 0 Å². The van der Waals surface area contributed by atoms with Crippen LogP contribution in [0.1, 0.15) is 43.0 Å². The van der Waals surface area contributed by atoms with Crippen LogP contribution in [0, 0.1) is 5.82 Å². The first-order chi connectivity index (χ1) is 11.7. The van der Waals surface area contributed by atoms with E-state index in [0.29, 0.717) is 17.3 Å². The maximum absolute atomic E-state index is 13.2. The van der Waals surface area contributed by atoms with Gasteiger partial charge >= 0.3 is 0 Å². The first kappa shape index (κ1) is 16.4. The minimum atomic E-state index is -0.424. The molecule has 24 heavy (non-hydrogen) atoms. The zero-order chi connectivity index (χ0) is 16.9. The number of carbonyl (C=O) groups is 1. The highest BCUT2D eigenvalue weighted by Crippen LogP contribution is 2.25. The number of amides is 1. The van der Waals surface area contributed by atoms with E-state index < -0.39 is 5.82 Å². The molecule has 0 spiro atoms. The van der Waals surface area contributed by atoms with Crippen LogP contribution in [0.25, 0.3) is 0 Å². The summed E-state index contributed by atoms with van der Waals surface area (Å²) in [6.45, 7) is 3.23. The average molecular weight is 327 g/mol. The van der Waals surface area contributed by atoms with E-state index in [9.17, 15) is 9.18 Å². The van der Waals surface area contributed by atoms with Gasteiger partial charge in [-0.05, 0) is 56.0 Å². The van der Waals surface area contributed by atoms with Gasteiger partial charge in [-0.1, -0.05) is 13.0 Å². The zero-order valence-electron chi connectivity index (χ0n) is 13.8. The second-order valence-electron chi connectivity index (χ2n) is 6.12. The monoisotopic (exact) mass is 327 g/mol. The number of anilines is 2. The number of carbonyl (C=O) groups excluding carboxylic acids is 1. The molecular formula is C19H22FN3O. The summed E-state index contributed by atoms with van der Waals surface area (Å²) in [6, 6.07) is 9.97. The Labute approximate surface area is 141 Å². The molecule has 4 nitrogen and oxygen atoms in total. The lowest BCUT2D eigenvalue weighted by Crippen LogP contribution is -2.39. The molecule has 2 aromatic rings. The number of nitrogens with zero attached hydrogens (tertiary/aromatic N) is 2. The maximum Gasteiger partial charge on any atom is 0.255 e. The fraction of sp³-hybridized carbons (Fsp3) is 0.368. The molecule has 3 rings (SSSR count). The summed E-state index contributed by atoms with van der Waals surface area (Å²) < 4.78 is 13.2. The Balaban J connectivity index is 1.69. The lowest BCUT2D eigenvalue weighted by atomic mass is 10.00. The van der Waals surface area contributed by atoms with Gasteiger partial charge in [-0.2, -0.15) is 0 Å². The van der Waals surface area contributed by atoms with Gasteiger partial charge in [0.15, 0.2) is 0 Å². The van der Waals surface area contributed by atoms with Crippen molar-refractivity contribution >= 4 is 17.4 Å². The highest BCUT2D eigenvalue weighted by Gasteiger charge is 2.21. The molecule has 2 heterocycles. The Bertz CT molecular complexity index is 702. The van der Waals surface area contributed by atoms with E-state index in [1.165, 1.54) is 37.5 Å². The van der Waals surface area contributed by atoms with Crippen LogP contribution in [-0.4, -0.2) is 23.5 Å². The summed E-state index contributed by atoms with van der Waals surface area (Å²) in [5.74, 6) is 0.186. The van der Waals surface area contributed by atoms with Crippen molar-refractivity contribution in [2.45, 2.75) is 38.6 Å². The summed E-state index contributed by atoms with van der Waals surface area (Å²) in [6.07, 6.45) is 6.44. The third kappa shape index (κ3) is 3.72. The van der Waals surface area contributed by atoms with Crippen molar-refractivity contribution in [2.75, 3.05) is 16.8 Å². The summed E-state index contributed by atoms with van der Waals surface area (Å²) in [4.78, 5) is 19.0. The normalized spacial score (nSPS) is 17.6. The highest BCUT2D eigenvalue weighted by atomic mass is 19.1. The molecule has 126 valence electrons. The van der Waals surface area contributed by atoms with Gasteiger partial charge in [0.05, 0.1) is 11.9 Å². The first-order valence-corrected chi connectivity index (χ1v) is 8.47. The van der Waals surface area contributed by atoms with Crippen LogP contribution in [-0.2, 0) is 0 Å². The molecule has 1 aliphatic heterocycles. The fourth-order valence-corrected chi connectivity index (χ4v) is 3.19. The minimum absolute atomic E-state index is 0.293. The molecule has 1 aromatic heterocycles. The number of nitrogens with one attached hydrogen (secondary N) is 1. The SMILES string of the molecule is CCC1CCCCN1c1ccc(NC(=O)c2cccc(F)c2)cn1. The number of pyridine rings is 1. The van der Waals surface area contributed by atoms with Crippen molar-refractivity contribution in [3.63, 3.8) is 0 Å². The van der Waals surface area contributed by atoms with Crippen LogP contribution in [0.4, 0.5) is 15.9 Å². The Morgan fingerprint density at radius 3 is 2.92 bits per heavy atom. The van der Waals surface area contributed by atoms with Crippen molar-refractivity contribution in [1.82, 2.24) is 4.98 Å². The van der Waals surface area contributed by atoms with Crippen molar-refractivity contribution in [3.8, 4) is 0 Å². The van der Waals surface area contributed by atoms with Gasteiger partial charge in [-0.3, -0.25) is 4.79 Å². The Morgan fingerprint density at radius 1 is 1.33 bits per heavy atom. The van der Waals surface area contributed by atoms with Crippen LogP contribution in [0.3, 0.4) is 0 Å². The molecule has 1 unspecified atom stereocenters. The Kier molecular flexibility index (Phi) is 5.08. The molecule has 0 bridgehead atoms. The smallest absolute Gasteiger partial charge is 0.255 e. The standard InChI is InChI=1S/C19H22FN3O/c1-2-17-8-3-4-11-23(17)18-10-9-16(13-21-18)22-19(24)14-6-5-7-15(20)12-14/h5-7,9-10,12-13,17H,2-4,8,11H2,1H3,(H,22,24). The molecule has 1 amide bonds. The molecule has 1 N–H and O–H groups in total. The number of aromatic nitrogens is 1. The second kappa shape index (κ2) is 7.43. The predicted octanol–water partition coefficient (Wildman–Crippen LogP) is 4.24. The molecule has 1 atom stereocenters. The second-order valence-corrected chi connectivity index (χ2v) is 6.12. The van der Waals surface area contributed by atoms with E-state index in [4.69, 9.17) is 0 Å². The molecule has 0 aliphatic carbocycles. The topological polar surface area (TPSA) is 45.2 Å². The minimum Gasteiger partial charge on any atom is -0.354 e. The van der Waals surface area contributed by atoms with Gasteiger partial charge in [0.25, 0.3) is 5.91 Å². The van der Waals surface area contributed by atoms with Gasteiger partial charge in [-0.15, -0.1) is 0 Å². The van der Waals surface area contributed by atoms with Gasteiger partial charge in [0.1, 0.15) is 11.6 Å². The lowest BCUT2D eigenvalue weighted by molar-refractivity contribution is 0.102. The third-order valence-electron chi connectivity index (χ3n) is 4.49. The van der Waals surface area contributed by atoms with Crippen LogP contribution in [0.2, 0.25) is 0 Å². The summed E-state index contributed by atoms with van der Waals surface area (Å²) in [7, 11) is 0. The van der Waals surface area contributed by atoms with E-state index in [2.05, 4.69) is 22.1 Å². The number of piperidine rings is 1. The molecule has 1 aromatic carbocycles. The van der Waals surface area contributed by atoms with Crippen LogP contribution >= 0.6 is 0 Å². The molecule has 1 fully saturated rings. The van der Waals surface area contributed by atoms with Crippen molar-refractivity contribution in [3.05, 3.63) is 54.0 Å². The molecular weight excluding hydrogens is 305 g/mol. The zero-order valence-corrected chi connectivity index (χ0v) is 13.8. The summed E-state index contributed by atoms with van der Waals surface area (Å²) >= 11 is 0. The van der Waals surface area contributed by atoms with E-state index in [1.807, 2.05) is 12.1 Å². The van der Waals surface area contributed by atoms with E-state index in [1.54, 1.807) is 12.3 Å². The van der Waals surface area contributed by atoms with Crippen molar-refractivity contribution in [1.29, 1.82) is 0 Å². The van der Waals surface area contributed by atoms with Crippen LogP contribution in [0.15, 0.2) is 42.6 Å². The number of hydrogen-bond acceptors (Lipinski definition) is 3. The molecule has 1 aliphatic rings. The number of rotatable bonds is 4. The van der Waals surface area contributed by atoms with Crippen molar-refractivity contribution < 1.29 is 9.18 Å². The van der Waals surface area contributed by atoms with Crippen molar-refractivity contribution in [2.24, 2.45) is 0 Å². The number of benzene rings is 1. The summed E-state index contributed by atoms with van der Waals surface area (Å²) in [5.41, 5.74) is 0.902. The molecule has 0 saturated carbocycles. The molecule has 1 saturated heterocycles. The Morgan fingerprint density at radius 2 is 2.21 bits per heavy atom. The predicted molar refractivity (Wildman–Crippen MR) is 93.9 cm³/mol. The van der Waals surface area contributed by atoms with E-state index >= 15 is 0 Å². The number of hydrogen-bond donors (Lipinski definition) is 1. The van der Waals surface area contributed by atoms with Gasteiger partial charge in [0, 0.05) is 18.2 Å². The lowest BCUT2D eigenvalue weighted by Gasteiger charge is -2.36. The highest BCUT2D eigenvalue weighted by molar-refractivity contribution is 6.04. The largest absolute Gasteiger partial charge is 0.354 e. The van der Waals surface area contributed by atoms with E-state index in [-0.39, 0.29) is 5.91 Å².